The Kier molecular flexibility index (Phi) is 8.83. The van der Waals surface area contributed by atoms with Gasteiger partial charge in [-0.25, -0.2) is 17.9 Å². The van der Waals surface area contributed by atoms with E-state index in [2.05, 4.69) is 10.0 Å². The van der Waals surface area contributed by atoms with Crippen molar-refractivity contribution >= 4 is 39.2 Å². The van der Waals surface area contributed by atoms with Crippen molar-refractivity contribution in [1.82, 2.24) is 4.72 Å². The number of hydrogen-bond donors (Lipinski definition) is 2. The molecule has 2 aromatic carbocycles. The molecule has 2 aromatic rings. The van der Waals surface area contributed by atoms with Gasteiger partial charge in [0.1, 0.15) is 0 Å². The lowest BCUT2D eigenvalue weighted by molar-refractivity contribution is -0.116. The first-order chi connectivity index (χ1) is 14.2. The van der Waals surface area contributed by atoms with Gasteiger partial charge in [0, 0.05) is 17.1 Å². The summed E-state index contributed by atoms with van der Waals surface area (Å²) in [5.41, 5.74) is 1.49. The Balaban J connectivity index is 2.02. The number of hydrogen-bond acceptors (Lipinski definition) is 5. The fourth-order valence-corrected chi connectivity index (χ4v) is 3.52. The number of sulfonamides is 1. The summed E-state index contributed by atoms with van der Waals surface area (Å²) >= 11 is 5.88. The fraction of sp³-hybridized carbons (Fsp3) is 0.333. The molecule has 0 spiro atoms. The number of benzene rings is 2. The molecule has 2 N–H and O–H groups in total. The number of esters is 1. The van der Waals surface area contributed by atoms with Crippen LogP contribution in [0.1, 0.15) is 48.1 Å². The van der Waals surface area contributed by atoms with Crippen molar-refractivity contribution in [2.45, 2.75) is 32.2 Å². The molecular formula is C21H25ClN2O5S. The predicted octanol–water partition coefficient (Wildman–Crippen LogP) is 3.92. The monoisotopic (exact) mass is 452 g/mol. The highest BCUT2D eigenvalue weighted by Crippen LogP contribution is 2.21. The number of amides is 1. The molecule has 0 saturated heterocycles. The topological polar surface area (TPSA) is 102 Å². The number of anilines is 1. The smallest absolute Gasteiger partial charge is 0.338 e. The first kappa shape index (κ1) is 23.9. The highest BCUT2D eigenvalue weighted by Gasteiger charge is 2.20. The highest BCUT2D eigenvalue weighted by molar-refractivity contribution is 7.88. The molecular weight excluding hydrogens is 428 g/mol. The Morgan fingerprint density at radius 1 is 1.07 bits per heavy atom. The number of unbranched alkanes of at least 4 members (excludes halogenated alkanes) is 1. The van der Waals surface area contributed by atoms with E-state index in [1.807, 2.05) is 6.92 Å². The zero-order chi connectivity index (χ0) is 22.1. The molecule has 0 aliphatic heterocycles. The summed E-state index contributed by atoms with van der Waals surface area (Å²) in [7, 11) is -3.54. The van der Waals surface area contributed by atoms with Crippen molar-refractivity contribution in [3.8, 4) is 0 Å². The second-order valence-corrected chi connectivity index (χ2v) is 9.03. The molecule has 7 nitrogen and oxygen atoms in total. The number of nitrogens with one attached hydrogen (secondary N) is 2. The minimum atomic E-state index is -3.54. The number of halogens is 1. The molecule has 0 aromatic heterocycles. The Hall–Kier alpha value is -2.42. The molecule has 1 amide bonds. The Morgan fingerprint density at radius 2 is 1.70 bits per heavy atom. The van der Waals surface area contributed by atoms with Gasteiger partial charge in [-0.2, -0.15) is 0 Å². The van der Waals surface area contributed by atoms with Gasteiger partial charge in [-0.05, 0) is 48.4 Å². The van der Waals surface area contributed by atoms with E-state index in [9.17, 15) is 18.0 Å². The van der Waals surface area contributed by atoms with E-state index in [1.54, 1.807) is 48.5 Å². The van der Waals surface area contributed by atoms with E-state index in [1.165, 1.54) is 0 Å². The zero-order valence-electron chi connectivity index (χ0n) is 16.9. The second-order valence-electron chi connectivity index (χ2n) is 6.81. The first-order valence-corrected chi connectivity index (χ1v) is 11.7. The summed E-state index contributed by atoms with van der Waals surface area (Å²) in [4.78, 5) is 24.4. The quantitative estimate of drug-likeness (QED) is 0.420. The predicted molar refractivity (Wildman–Crippen MR) is 117 cm³/mol. The van der Waals surface area contributed by atoms with E-state index in [0.717, 1.165) is 19.1 Å². The van der Waals surface area contributed by atoms with E-state index in [0.29, 0.717) is 28.4 Å². The van der Waals surface area contributed by atoms with Gasteiger partial charge in [0.25, 0.3) is 0 Å². The number of ether oxygens (including phenoxy) is 1. The third-order valence-corrected chi connectivity index (χ3v) is 5.12. The van der Waals surface area contributed by atoms with Crippen LogP contribution in [0.3, 0.4) is 0 Å². The SMILES string of the molecule is CCCCOC(=O)c1ccc(NC(=O)C[C@H](NS(C)(=O)=O)c2ccc(Cl)cc2)cc1. The minimum absolute atomic E-state index is 0.116. The fourth-order valence-electron chi connectivity index (χ4n) is 2.66. The largest absolute Gasteiger partial charge is 0.462 e. The van der Waals surface area contributed by atoms with Gasteiger partial charge in [-0.1, -0.05) is 37.1 Å². The van der Waals surface area contributed by atoms with Crippen LogP contribution in [0.15, 0.2) is 48.5 Å². The third-order valence-electron chi connectivity index (χ3n) is 4.15. The zero-order valence-corrected chi connectivity index (χ0v) is 18.4. The van der Waals surface area contributed by atoms with Crippen molar-refractivity contribution in [2.75, 3.05) is 18.2 Å². The molecule has 9 heteroatoms. The average molecular weight is 453 g/mol. The van der Waals surface area contributed by atoms with Crippen LogP contribution in [0.5, 0.6) is 0 Å². The number of carbonyl (C=O) groups excluding carboxylic acids is 2. The van der Waals surface area contributed by atoms with Crippen molar-refractivity contribution in [2.24, 2.45) is 0 Å². The average Bonchev–Trinajstić information content (AvgIpc) is 2.67. The summed E-state index contributed by atoms with van der Waals surface area (Å²) in [6, 6.07) is 12.2. The molecule has 0 unspecified atom stereocenters. The Morgan fingerprint density at radius 3 is 2.27 bits per heavy atom. The maximum absolute atomic E-state index is 12.5. The van der Waals surface area contributed by atoms with Crippen LogP contribution in [-0.2, 0) is 19.6 Å². The normalized spacial score (nSPS) is 12.2. The van der Waals surface area contributed by atoms with Crippen molar-refractivity contribution in [3.63, 3.8) is 0 Å². The number of rotatable bonds is 10. The summed E-state index contributed by atoms with van der Waals surface area (Å²) in [6.45, 7) is 2.38. The maximum Gasteiger partial charge on any atom is 0.338 e. The summed E-state index contributed by atoms with van der Waals surface area (Å²) in [5.74, 6) is -0.800. The van der Waals surface area contributed by atoms with Gasteiger partial charge >= 0.3 is 5.97 Å². The van der Waals surface area contributed by atoms with Gasteiger partial charge in [-0.15, -0.1) is 0 Å². The molecule has 0 fully saturated rings. The lowest BCUT2D eigenvalue weighted by Gasteiger charge is -2.18. The standard InChI is InChI=1S/C21H25ClN2O5S/c1-3-4-13-29-21(26)16-7-11-18(12-8-16)23-20(25)14-19(24-30(2,27)28)15-5-9-17(22)10-6-15/h5-12,19,24H,3-4,13-14H2,1-2H3,(H,23,25)/t19-/m0/s1. The van der Waals surface area contributed by atoms with Crippen molar-refractivity contribution in [3.05, 3.63) is 64.7 Å². The molecule has 0 heterocycles. The summed E-state index contributed by atoms with van der Waals surface area (Å²) < 4.78 is 31.0. The van der Waals surface area contributed by atoms with Gasteiger partial charge in [0.05, 0.1) is 24.5 Å². The highest BCUT2D eigenvalue weighted by atomic mass is 35.5. The molecule has 0 bridgehead atoms. The number of carbonyl (C=O) groups is 2. The van der Waals surface area contributed by atoms with Gasteiger partial charge in [0.2, 0.25) is 15.9 Å². The van der Waals surface area contributed by atoms with Crippen LogP contribution < -0.4 is 10.0 Å². The lowest BCUT2D eigenvalue weighted by atomic mass is 10.0. The molecule has 1 atom stereocenters. The minimum Gasteiger partial charge on any atom is -0.462 e. The van der Waals surface area contributed by atoms with E-state index < -0.39 is 22.0 Å². The molecule has 0 aliphatic rings. The summed E-state index contributed by atoms with van der Waals surface area (Å²) in [5, 5.41) is 3.21. The van der Waals surface area contributed by atoms with Crippen molar-refractivity contribution in [1.29, 1.82) is 0 Å². The molecule has 2 rings (SSSR count). The van der Waals surface area contributed by atoms with Crippen LogP contribution in [0.4, 0.5) is 5.69 Å². The van der Waals surface area contributed by atoms with Crippen LogP contribution in [0.25, 0.3) is 0 Å². The van der Waals surface area contributed by atoms with E-state index >= 15 is 0 Å². The van der Waals surface area contributed by atoms with Gasteiger partial charge in [0.15, 0.2) is 0 Å². The van der Waals surface area contributed by atoms with Crippen LogP contribution in [0.2, 0.25) is 5.02 Å². The lowest BCUT2D eigenvalue weighted by Crippen LogP contribution is -2.30. The molecule has 162 valence electrons. The van der Waals surface area contributed by atoms with E-state index in [4.69, 9.17) is 16.3 Å². The van der Waals surface area contributed by atoms with Crippen LogP contribution >= 0.6 is 11.6 Å². The Bertz CT molecular complexity index is 960. The van der Waals surface area contributed by atoms with Crippen LogP contribution in [-0.4, -0.2) is 33.2 Å². The summed E-state index contributed by atoms with van der Waals surface area (Å²) in [6.07, 6.45) is 2.65. The molecule has 0 aliphatic carbocycles. The first-order valence-electron chi connectivity index (χ1n) is 9.47. The third kappa shape index (κ3) is 8.14. The van der Waals surface area contributed by atoms with E-state index in [-0.39, 0.29) is 12.3 Å². The van der Waals surface area contributed by atoms with Crippen LogP contribution in [0, 0.1) is 0 Å². The molecule has 30 heavy (non-hydrogen) atoms. The molecule has 0 radical (unpaired) electrons. The second kappa shape index (κ2) is 11.1. The Labute approximate surface area is 181 Å². The van der Waals surface area contributed by atoms with Crippen molar-refractivity contribution < 1.29 is 22.7 Å². The maximum atomic E-state index is 12.5. The molecule has 0 saturated carbocycles. The van der Waals surface area contributed by atoms with Gasteiger partial charge in [-0.3, -0.25) is 4.79 Å². The van der Waals surface area contributed by atoms with Gasteiger partial charge < -0.3 is 10.1 Å².